The normalized spacial score (nSPS) is 14.4. The molecule has 3 amide bonds. The minimum absolute atomic E-state index is 0.0215. The van der Waals surface area contributed by atoms with Crippen molar-refractivity contribution >= 4 is 22.7 Å². The van der Waals surface area contributed by atoms with E-state index in [0.717, 1.165) is 5.56 Å². The average Bonchev–Trinajstić information content (AvgIpc) is 2.96. The van der Waals surface area contributed by atoms with Crippen LogP contribution < -0.4 is 10.9 Å². The van der Waals surface area contributed by atoms with E-state index in [9.17, 15) is 18.8 Å². The number of nitrogens with zero attached hydrogens (tertiary/aromatic N) is 3. The molecule has 0 unspecified atom stereocenters. The molecule has 0 aliphatic carbocycles. The first-order valence-electron chi connectivity index (χ1n) is 12.5. The predicted molar refractivity (Wildman–Crippen MR) is 142 cm³/mol. The van der Waals surface area contributed by atoms with Gasteiger partial charge in [0.1, 0.15) is 5.82 Å². The first-order valence-corrected chi connectivity index (χ1v) is 12.5. The fourth-order valence-electron chi connectivity index (χ4n) is 4.73. The Morgan fingerprint density at radius 1 is 0.947 bits per heavy atom. The Balaban J connectivity index is 1.24. The van der Waals surface area contributed by atoms with Crippen LogP contribution in [0.1, 0.15) is 40.1 Å². The SMILES string of the molecule is C[C@H](NC(=O)N1CCN(C(=O)c2cc(Cc3n[nH]c(=O)c4ccccc34)ccc2F)CC1)c1ccccc1. The largest absolute Gasteiger partial charge is 0.335 e. The van der Waals surface area contributed by atoms with E-state index in [1.54, 1.807) is 34.1 Å². The van der Waals surface area contributed by atoms with Crippen molar-refractivity contribution < 1.29 is 14.0 Å². The number of H-pyrrole nitrogens is 1. The summed E-state index contributed by atoms with van der Waals surface area (Å²) in [6.07, 6.45) is 0.325. The van der Waals surface area contributed by atoms with Crippen LogP contribution in [0.4, 0.5) is 9.18 Å². The van der Waals surface area contributed by atoms with Crippen LogP contribution in [0, 0.1) is 5.82 Å². The molecule has 1 saturated heterocycles. The number of urea groups is 1. The maximum atomic E-state index is 14.7. The van der Waals surface area contributed by atoms with Gasteiger partial charge in [-0.05, 0) is 36.2 Å². The van der Waals surface area contributed by atoms with Crippen LogP contribution in [0.25, 0.3) is 10.8 Å². The molecule has 3 aromatic carbocycles. The first-order chi connectivity index (χ1) is 18.4. The summed E-state index contributed by atoms with van der Waals surface area (Å²) in [5.74, 6) is -1.02. The van der Waals surface area contributed by atoms with Gasteiger partial charge in [-0.2, -0.15) is 5.10 Å². The van der Waals surface area contributed by atoms with Gasteiger partial charge in [-0.25, -0.2) is 14.3 Å². The molecule has 8 nitrogen and oxygen atoms in total. The molecule has 9 heteroatoms. The molecule has 1 aliphatic heterocycles. The minimum atomic E-state index is -0.602. The number of amides is 3. The molecular weight excluding hydrogens is 485 g/mol. The second kappa shape index (κ2) is 10.8. The van der Waals surface area contributed by atoms with Crippen LogP contribution >= 0.6 is 0 Å². The Labute approximate surface area is 219 Å². The van der Waals surface area contributed by atoms with Crippen LogP contribution in [0.5, 0.6) is 0 Å². The molecule has 0 radical (unpaired) electrons. The topological polar surface area (TPSA) is 98.4 Å². The highest BCUT2D eigenvalue weighted by atomic mass is 19.1. The zero-order valence-electron chi connectivity index (χ0n) is 21.0. The van der Waals surface area contributed by atoms with Crippen LogP contribution in [0.2, 0.25) is 0 Å². The van der Waals surface area contributed by atoms with Gasteiger partial charge in [-0.1, -0.05) is 54.6 Å². The standard InChI is InChI=1S/C29H28FN5O3/c1-19(21-7-3-2-4-8-21)31-29(38)35-15-13-34(14-16-35)28(37)24-17-20(11-12-25(24)30)18-26-22-9-5-6-10-23(22)27(36)33-32-26/h2-12,17,19H,13-16,18H2,1H3,(H,31,38)(H,33,36)/t19-/m0/s1. The van der Waals surface area contributed by atoms with Gasteiger partial charge in [0.15, 0.2) is 0 Å². The van der Waals surface area contributed by atoms with Crippen molar-refractivity contribution in [3.05, 3.63) is 111 Å². The molecule has 0 bridgehead atoms. The average molecular weight is 514 g/mol. The molecule has 2 N–H and O–H groups in total. The number of carbonyl (C=O) groups is 2. The Morgan fingerprint density at radius 3 is 2.34 bits per heavy atom. The molecule has 1 aromatic heterocycles. The number of hydrogen-bond donors (Lipinski definition) is 2. The van der Waals surface area contributed by atoms with Gasteiger partial charge in [0.05, 0.1) is 22.7 Å². The molecule has 1 atom stereocenters. The first kappa shape index (κ1) is 25.1. The Bertz CT molecular complexity index is 1530. The van der Waals surface area contributed by atoms with Gasteiger partial charge in [-0.3, -0.25) is 9.59 Å². The Kier molecular flexibility index (Phi) is 7.17. The Morgan fingerprint density at radius 2 is 1.61 bits per heavy atom. The summed E-state index contributed by atoms with van der Waals surface area (Å²) in [7, 11) is 0. The van der Waals surface area contributed by atoms with Crippen LogP contribution in [0.3, 0.4) is 0 Å². The number of fused-ring (bicyclic) bond motifs is 1. The summed E-state index contributed by atoms with van der Waals surface area (Å²) in [6, 6.07) is 20.9. The van der Waals surface area contributed by atoms with Gasteiger partial charge in [0.2, 0.25) is 0 Å². The lowest BCUT2D eigenvalue weighted by molar-refractivity contribution is 0.0659. The highest BCUT2D eigenvalue weighted by Crippen LogP contribution is 2.20. The summed E-state index contributed by atoms with van der Waals surface area (Å²) in [5, 5.41) is 10.9. The van der Waals surface area contributed by atoms with Crippen molar-refractivity contribution in [2.24, 2.45) is 0 Å². The zero-order chi connectivity index (χ0) is 26.6. The molecule has 4 aromatic rings. The summed E-state index contributed by atoms with van der Waals surface area (Å²) >= 11 is 0. The van der Waals surface area contributed by atoms with E-state index in [-0.39, 0.29) is 23.2 Å². The fourth-order valence-corrected chi connectivity index (χ4v) is 4.73. The fraction of sp³-hybridized carbons (Fsp3) is 0.241. The Hall–Kier alpha value is -4.53. The quantitative estimate of drug-likeness (QED) is 0.423. The third kappa shape index (κ3) is 5.27. The molecular formula is C29H28FN5O3. The molecule has 5 rings (SSSR count). The van der Waals surface area contributed by atoms with Crippen LogP contribution in [-0.2, 0) is 6.42 Å². The third-order valence-electron chi connectivity index (χ3n) is 6.90. The lowest BCUT2D eigenvalue weighted by atomic mass is 10.0. The molecule has 0 saturated carbocycles. The number of aromatic nitrogens is 2. The zero-order valence-corrected chi connectivity index (χ0v) is 21.0. The molecule has 2 heterocycles. The maximum Gasteiger partial charge on any atom is 0.317 e. The van der Waals surface area contributed by atoms with E-state index in [1.165, 1.54) is 6.07 Å². The lowest BCUT2D eigenvalue weighted by Gasteiger charge is -2.35. The molecule has 194 valence electrons. The molecule has 1 fully saturated rings. The van der Waals surface area contributed by atoms with Gasteiger partial charge >= 0.3 is 6.03 Å². The van der Waals surface area contributed by atoms with Crippen molar-refractivity contribution in [2.75, 3.05) is 26.2 Å². The second-order valence-electron chi connectivity index (χ2n) is 9.40. The number of benzene rings is 3. The number of nitrogens with one attached hydrogen (secondary N) is 2. The highest BCUT2D eigenvalue weighted by molar-refractivity contribution is 5.95. The van der Waals surface area contributed by atoms with Crippen LogP contribution in [-0.4, -0.2) is 58.1 Å². The predicted octanol–water partition coefficient (Wildman–Crippen LogP) is 3.88. The van der Waals surface area contributed by atoms with Gasteiger partial charge in [0.25, 0.3) is 11.5 Å². The highest BCUT2D eigenvalue weighted by Gasteiger charge is 2.27. The van der Waals surface area contributed by atoms with Gasteiger partial charge in [0, 0.05) is 38.0 Å². The number of rotatable bonds is 5. The number of halogens is 1. The summed E-state index contributed by atoms with van der Waals surface area (Å²) in [4.78, 5) is 41.3. The van der Waals surface area contributed by atoms with Gasteiger partial charge < -0.3 is 15.1 Å². The number of hydrogen-bond acceptors (Lipinski definition) is 4. The van der Waals surface area contributed by atoms with E-state index in [1.807, 2.05) is 49.4 Å². The second-order valence-corrected chi connectivity index (χ2v) is 9.40. The van der Waals surface area contributed by atoms with E-state index < -0.39 is 11.7 Å². The van der Waals surface area contributed by atoms with E-state index >= 15 is 0 Å². The maximum absolute atomic E-state index is 14.7. The smallest absolute Gasteiger partial charge is 0.317 e. The van der Waals surface area contributed by atoms with Gasteiger partial charge in [-0.15, -0.1) is 0 Å². The summed E-state index contributed by atoms with van der Waals surface area (Å²) in [6.45, 7) is 3.25. The number of carbonyl (C=O) groups excluding carboxylic acids is 2. The van der Waals surface area contributed by atoms with E-state index in [4.69, 9.17) is 0 Å². The monoisotopic (exact) mass is 513 g/mol. The van der Waals surface area contributed by atoms with Crippen molar-refractivity contribution in [1.82, 2.24) is 25.3 Å². The minimum Gasteiger partial charge on any atom is -0.335 e. The van der Waals surface area contributed by atoms with Crippen molar-refractivity contribution in [3.63, 3.8) is 0 Å². The van der Waals surface area contributed by atoms with Crippen molar-refractivity contribution in [1.29, 1.82) is 0 Å². The van der Waals surface area contributed by atoms with E-state index in [2.05, 4.69) is 15.5 Å². The summed E-state index contributed by atoms with van der Waals surface area (Å²) < 4.78 is 14.7. The number of aromatic amines is 1. The molecule has 1 aliphatic rings. The van der Waals surface area contributed by atoms with Crippen molar-refractivity contribution in [3.8, 4) is 0 Å². The molecule has 38 heavy (non-hydrogen) atoms. The van der Waals surface area contributed by atoms with Crippen LogP contribution in [0.15, 0.2) is 77.6 Å². The number of piperazine rings is 1. The molecule has 0 spiro atoms. The third-order valence-corrected chi connectivity index (χ3v) is 6.90. The summed E-state index contributed by atoms with van der Waals surface area (Å²) in [5.41, 5.74) is 2.05. The lowest BCUT2D eigenvalue weighted by Crippen LogP contribution is -2.53. The van der Waals surface area contributed by atoms with E-state index in [0.29, 0.717) is 54.6 Å². The van der Waals surface area contributed by atoms with Crippen molar-refractivity contribution in [2.45, 2.75) is 19.4 Å².